The molecule has 3 aromatic rings. The van der Waals surface area contributed by atoms with Crippen molar-refractivity contribution < 1.29 is 19.1 Å². The second-order valence-electron chi connectivity index (χ2n) is 7.59. The van der Waals surface area contributed by atoms with Gasteiger partial charge in [0.05, 0.1) is 14.2 Å². The summed E-state index contributed by atoms with van der Waals surface area (Å²) in [6, 6.07) is 19.0. The van der Waals surface area contributed by atoms with E-state index in [1.807, 2.05) is 0 Å². The van der Waals surface area contributed by atoms with Crippen LogP contribution in [0.2, 0.25) is 5.02 Å². The van der Waals surface area contributed by atoms with Crippen LogP contribution in [-0.4, -0.2) is 44.0 Å². The monoisotopic (exact) mass is 481 g/mol. The highest BCUT2D eigenvalue weighted by atomic mass is 35.5. The zero-order valence-corrected chi connectivity index (χ0v) is 20.0. The predicted molar refractivity (Wildman–Crippen MR) is 134 cm³/mol. The Morgan fingerprint density at radius 1 is 0.912 bits per heavy atom. The highest BCUT2D eigenvalue weighted by Gasteiger charge is 2.18. The van der Waals surface area contributed by atoms with Crippen LogP contribution in [0.15, 0.2) is 66.7 Å². The van der Waals surface area contributed by atoms with E-state index in [2.05, 4.69) is 5.32 Å². The van der Waals surface area contributed by atoms with Crippen molar-refractivity contribution >= 4 is 29.1 Å². The van der Waals surface area contributed by atoms with Crippen LogP contribution in [0.1, 0.15) is 32.7 Å². The van der Waals surface area contributed by atoms with Gasteiger partial charge in [0.25, 0.3) is 11.8 Å². The Bertz CT molecular complexity index is 1120. The van der Waals surface area contributed by atoms with Crippen LogP contribution in [0.25, 0.3) is 0 Å². The van der Waals surface area contributed by atoms with E-state index in [0.29, 0.717) is 58.4 Å². The van der Waals surface area contributed by atoms with E-state index in [1.165, 1.54) is 0 Å². The molecule has 3 N–H and O–H groups in total. The Kier molecular flexibility index (Phi) is 8.90. The van der Waals surface area contributed by atoms with Crippen LogP contribution in [0.4, 0.5) is 5.69 Å². The van der Waals surface area contributed by atoms with Gasteiger partial charge in [0, 0.05) is 34.9 Å². The normalized spacial score (nSPS) is 10.5. The molecule has 0 aliphatic heterocycles. The van der Waals surface area contributed by atoms with Gasteiger partial charge in [0.1, 0.15) is 11.5 Å². The molecule has 0 radical (unpaired) electrons. The van der Waals surface area contributed by atoms with Gasteiger partial charge in [-0.15, -0.1) is 0 Å². The molecular formula is C26H28ClN3O4. The van der Waals surface area contributed by atoms with Gasteiger partial charge < -0.3 is 25.4 Å². The van der Waals surface area contributed by atoms with Crippen LogP contribution >= 0.6 is 11.6 Å². The summed E-state index contributed by atoms with van der Waals surface area (Å²) in [6.07, 6.45) is 0.646. The molecule has 0 saturated heterocycles. The number of nitrogens with zero attached hydrogens (tertiary/aromatic N) is 1. The number of nitrogens with two attached hydrogens (primary N) is 1. The highest BCUT2D eigenvalue weighted by molar-refractivity contribution is 6.31. The molecule has 0 fully saturated rings. The molecule has 0 saturated carbocycles. The first-order valence-corrected chi connectivity index (χ1v) is 11.2. The molecular weight excluding hydrogens is 454 g/mol. The molecule has 0 aliphatic carbocycles. The highest BCUT2D eigenvalue weighted by Crippen LogP contribution is 2.24. The number of anilines is 1. The number of carbonyl (C=O) groups is 2. The quantitative estimate of drug-likeness (QED) is 0.441. The lowest BCUT2D eigenvalue weighted by Gasteiger charge is -2.24. The summed E-state index contributed by atoms with van der Waals surface area (Å²) in [7, 11) is 3.15. The first kappa shape index (κ1) is 25.1. The van der Waals surface area contributed by atoms with Crippen LogP contribution < -0.4 is 20.5 Å². The fourth-order valence-electron chi connectivity index (χ4n) is 3.38. The minimum Gasteiger partial charge on any atom is -0.497 e. The van der Waals surface area contributed by atoms with E-state index < -0.39 is 0 Å². The maximum Gasteiger partial charge on any atom is 0.255 e. The number of ether oxygens (including phenoxy) is 2. The van der Waals surface area contributed by atoms with Gasteiger partial charge in [-0.05, 0) is 85.3 Å². The van der Waals surface area contributed by atoms with Gasteiger partial charge in [-0.2, -0.15) is 0 Å². The third kappa shape index (κ3) is 6.50. The van der Waals surface area contributed by atoms with Crippen LogP contribution in [0, 0.1) is 0 Å². The number of hydrogen-bond acceptors (Lipinski definition) is 5. The van der Waals surface area contributed by atoms with E-state index in [4.69, 9.17) is 26.8 Å². The van der Waals surface area contributed by atoms with Gasteiger partial charge in [0.2, 0.25) is 0 Å². The lowest BCUT2D eigenvalue weighted by atomic mass is 10.1. The number of rotatable bonds is 10. The third-order valence-corrected chi connectivity index (χ3v) is 5.64. The average molecular weight is 482 g/mol. The summed E-state index contributed by atoms with van der Waals surface area (Å²) in [5.41, 5.74) is 8.03. The lowest BCUT2D eigenvalue weighted by molar-refractivity contribution is 0.0742. The molecule has 0 atom stereocenters. The summed E-state index contributed by atoms with van der Waals surface area (Å²) in [5.74, 6) is 0.947. The zero-order valence-electron chi connectivity index (χ0n) is 19.2. The van der Waals surface area contributed by atoms with Crippen molar-refractivity contribution in [2.75, 3.05) is 32.6 Å². The van der Waals surface area contributed by atoms with E-state index in [9.17, 15) is 9.59 Å². The molecule has 178 valence electrons. The summed E-state index contributed by atoms with van der Waals surface area (Å²) in [4.78, 5) is 27.5. The summed E-state index contributed by atoms with van der Waals surface area (Å²) >= 11 is 6.45. The molecule has 0 aliphatic rings. The number of amides is 2. The third-order valence-electron chi connectivity index (χ3n) is 5.27. The number of nitrogens with one attached hydrogen (secondary N) is 1. The lowest BCUT2D eigenvalue weighted by Crippen LogP contribution is -2.32. The molecule has 3 rings (SSSR count). The maximum atomic E-state index is 13.2. The van der Waals surface area contributed by atoms with E-state index in [0.717, 1.165) is 0 Å². The second-order valence-corrected chi connectivity index (χ2v) is 7.99. The first-order valence-electron chi connectivity index (χ1n) is 10.8. The minimum absolute atomic E-state index is 0.139. The molecule has 0 aromatic heterocycles. The molecule has 0 heterocycles. The molecule has 0 unspecified atom stereocenters. The molecule has 7 nitrogen and oxygen atoms in total. The average Bonchev–Trinajstić information content (AvgIpc) is 2.87. The second kappa shape index (κ2) is 12.1. The predicted octanol–water partition coefficient (Wildman–Crippen LogP) is 4.60. The Labute approximate surface area is 204 Å². The zero-order chi connectivity index (χ0) is 24.5. The SMILES string of the molecule is COc1ccc(C(=O)Nc2ccc(Cl)c(CN(CCCN)C(=O)c3ccc(OC)cc3)c2)cc1. The smallest absolute Gasteiger partial charge is 0.255 e. The minimum atomic E-state index is -0.259. The Balaban J connectivity index is 1.78. The summed E-state index contributed by atoms with van der Waals surface area (Å²) in [6.45, 7) is 1.20. The number of methoxy groups -OCH3 is 2. The van der Waals surface area contributed by atoms with Crippen molar-refractivity contribution in [3.8, 4) is 11.5 Å². The van der Waals surface area contributed by atoms with E-state index >= 15 is 0 Å². The first-order chi connectivity index (χ1) is 16.4. The van der Waals surface area contributed by atoms with Gasteiger partial charge >= 0.3 is 0 Å². The standard InChI is InChI=1S/C26H28ClN3O4/c1-33-22-9-4-18(5-10-22)25(31)29-21-8-13-24(27)20(16-21)17-30(15-3-14-28)26(32)19-6-11-23(34-2)12-7-19/h4-13,16H,3,14-15,17,28H2,1-2H3,(H,29,31). The molecule has 2 amide bonds. The van der Waals surface area contributed by atoms with E-state index in [1.54, 1.807) is 85.8 Å². The van der Waals surface area contributed by atoms with Crippen LogP contribution in [-0.2, 0) is 6.54 Å². The van der Waals surface area contributed by atoms with Crippen molar-refractivity contribution in [1.29, 1.82) is 0 Å². The molecule has 34 heavy (non-hydrogen) atoms. The van der Waals surface area contributed by atoms with Crippen molar-refractivity contribution in [3.05, 3.63) is 88.4 Å². The van der Waals surface area contributed by atoms with Crippen LogP contribution in [0.3, 0.4) is 0 Å². The van der Waals surface area contributed by atoms with E-state index in [-0.39, 0.29) is 18.4 Å². The molecule has 8 heteroatoms. The van der Waals surface area contributed by atoms with Gasteiger partial charge in [0.15, 0.2) is 0 Å². The molecule has 3 aromatic carbocycles. The number of hydrogen-bond donors (Lipinski definition) is 2. The Morgan fingerprint density at radius 3 is 2.06 bits per heavy atom. The van der Waals surface area contributed by atoms with Crippen molar-refractivity contribution in [1.82, 2.24) is 4.90 Å². The van der Waals surface area contributed by atoms with Crippen molar-refractivity contribution in [2.24, 2.45) is 5.73 Å². The van der Waals surface area contributed by atoms with Gasteiger partial charge in [-0.1, -0.05) is 11.6 Å². The van der Waals surface area contributed by atoms with Gasteiger partial charge in [-0.3, -0.25) is 9.59 Å². The topological polar surface area (TPSA) is 93.9 Å². The van der Waals surface area contributed by atoms with Crippen LogP contribution in [0.5, 0.6) is 11.5 Å². The molecule has 0 bridgehead atoms. The summed E-state index contributed by atoms with van der Waals surface area (Å²) in [5, 5.41) is 3.38. The van der Waals surface area contributed by atoms with Gasteiger partial charge in [-0.25, -0.2) is 0 Å². The number of halogens is 1. The van der Waals surface area contributed by atoms with Crippen molar-refractivity contribution in [3.63, 3.8) is 0 Å². The number of carbonyl (C=O) groups excluding carboxylic acids is 2. The van der Waals surface area contributed by atoms with Crippen molar-refractivity contribution in [2.45, 2.75) is 13.0 Å². The fraction of sp³-hybridized carbons (Fsp3) is 0.231. The Morgan fingerprint density at radius 2 is 1.50 bits per heavy atom. The largest absolute Gasteiger partial charge is 0.497 e. The molecule has 0 spiro atoms. The summed E-state index contributed by atoms with van der Waals surface area (Å²) < 4.78 is 10.3. The number of benzene rings is 3. The maximum absolute atomic E-state index is 13.2. The Hall–Kier alpha value is -3.55. The fourth-order valence-corrected chi connectivity index (χ4v) is 3.55.